The third kappa shape index (κ3) is 5.74. The van der Waals surface area contributed by atoms with Gasteiger partial charge in [0.25, 0.3) is 0 Å². The maximum absolute atomic E-state index is 12.0. The number of nitrogens with zero attached hydrogens (tertiary/aromatic N) is 2. The number of hydrogen-bond donors (Lipinski definition) is 2. The van der Waals surface area contributed by atoms with E-state index in [9.17, 15) is 4.79 Å². The highest BCUT2D eigenvalue weighted by atomic mass is 16.5. The molecular weight excluding hydrogens is 316 g/mol. The van der Waals surface area contributed by atoms with Gasteiger partial charge in [0.1, 0.15) is 5.82 Å². The van der Waals surface area contributed by atoms with E-state index in [1.807, 2.05) is 12.1 Å². The van der Waals surface area contributed by atoms with Crippen LogP contribution < -0.4 is 15.5 Å². The molecule has 1 aromatic heterocycles. The van der Waals surface area contributed by atoms with Crippen LogP contribution in [0.5, 0.6) is 0 Å². The van der Waals surface area contributed by atoms with Crippen LogP contribution in [0.15, 0.2) is 30.0 Å². The van der Waals surface area contributed by atoms with E-state index in [1.54, 1.807) is 6.20 Å². The molecule has 1 aromatic rings. The van der Waals surface area contributed by atoms with Gasteiger partial charge in [0, 0.05) is 32.4 Å². The maximum atomic E-state index is 12.0. The lowest BCUT2D eigenvalue weighted by atomic mass is 9.97. The van der Waals surface area contributed by atoms with Gasteiger partial charge in [0.15, 0.2) is 0 Å². The van der Waals surface area contributed by atoms with Gasteiger partial charge in [-0.3, -0.25) is 0 Å². The largest absolute Gasteiger partial charge is 0.378 e. The summed E-state index contributed by atoms with van der Waals surface area (Å²) in [6.45, 7) is 4.41. The van der Waals surface area contributed by atoms with Crippen LogP contribution in [0.25, 0.3) is 0 Å². The van der Waals surface area contributed by atoms with Gasteiger partial charge >= 0.3 is 6.03 Å². The Kier molecular flexibility index (Phi) is 6.68. The standard InChI is InChI=1S/C19H28N4O2/c24-19(21-9-6-16-4-2-1-3-5-16)22-15-17-7-8-20-18(14-17)23-10-12-25-13-11-23/h4,7-8,14H,1-3,5-6,9-13,15H2,(H2,21,22,24). The number of hydrogen-bond acceptors (Lipinski definition) is 4. The van der Waals surface area contributed by atoms with Gasteiger partial charge in [-0.15, -0.1) is 0 Å². The molecule has 136 valence electrons. The van der Waals surface area contributed by atoms with Crippen LogP contribution in [0.3, 0.4) is 0 Å². The topological polar surface area (TPSA) is 66.5 Å². The number of pyridine rings is 1. The molecule has 1 aliphatic carbocycles. The minimum Gasteiger partial charge on any atom is -0.378 e. The van der Waals surface area contributed by atoms with E-state index in [0.717, 1.165) is 44.1 Å². The Labute approximate surface area is 149 Å². The minimum atomic E-state index is -0.110. The zero-order chi connectivity index (χ0) is 17.3. The van der Waals surface area contributed by atoms with Crippen LogP contribution >= 0.6 is 0 Å². The average molecular weight is 344 g/mol. The van der Waals surface area contributed by atoms with E-state index in [4.69, 9.17) is 4.74 Å². The minimum absolute atomic E-state index is 0.110. The molecule has 0 atom stereocenters. The van der Waals surface area contributed by atoms with Crippen LogP contribution in [0.1, 0.15) is 37.7 Å². The molecular formula is C19H28N4O2. The summed E-state index contributed by atoms with van der Waals surface area (Å²) < 4.78 is 5.37. The molecule has 2 N–H and O–H groups in total. The molecule has 0 unspecified atom stereocenters. The van der Waals surface area contributed by atoms with Gasteiger partial charge in [0.2, 0.25) is 0 Å². The van der Waals surface area contributed by atoms with Gasteiger partial charge in [-0.1, -0.05) is 11.6 Å². The van der Waals surface area contributed by atoms with Crippen molar-refractivity contribution in [1.29, 1.82) is 0 Å². The fourth-order valence-corrected chi connectivity index (χ4v) is 3.25. The number of amides is 2. The zero-order valence-electron chi connectivity index (χ0n) is 14.8. The Morgan fingerprint density at radius 2 is 2.12 bits per heavy atom. The SMILES string of the molecule is O=C(NCCC1=CCCCC1)NCc1ccnc(N2CCOCC2)c1. The summed E-state index contributed by atoms with van der Waals surface area (Å²) in [5.74, 6) is 0.951. The fourth-order valence-electron chi connectivity index (χ4n) is 3.25. The van der Waals surface area contributed by atoms with Gasteiger partial charge in [-0.05, 0) is 49.8 Å². The van der Waals surface area contributed by atoms with Crippen molar-refractivity contribution in [2.45, 2.75) is 38.6 Å². The molecule has 2 amide bonds. The molecule has 6 heteroatoms. The van der Waals surface area contributed by atoms with Gasteiger partial charge in [0.05, 0.1) is 13.2 Å². The number of nitrogens with one attached hydrogen (secondary N) is 2. The highest BCUT2D eigenvalue weighted by Crippen LogP contribution is 2.19. The Balaban J connectivity index is 1.40. The third-order valence-corrected chi connectivity index (χ3v) is 4.71. The Morgan fingerprint density at radius 3 is 2.92 bits per heavy atom. The van der Waals surface area contributed by atoms with E-state index < -0.39 is 0 Å². The first-order valence-electron chi connectivity index (χ1n) is 9.28. The molecule has 0 aromatic carbocycles. The van der Waals surface area contributed by atoms with Crippen molar-refractivity contribution in [2.75, 3.05) is 37.7 Å². The summed E-state index contributed by atoms with van der Waals surface area (Å²) in [4.78, 5) is 18.6. The van der Waals surface area contributed by atoms with Crippen molar-refractivity contribution in [1.82, 2.24) is 15.6 Å². The Morgan fingerprint density at radius 1 is 1.24 bits per heavy atom. The highest BCUT2D eigenvalue weighted by Gasteiger charge is 2.12. The lowest BCUT2D eigenvalue weighted by Crippen LogP contribution is -2.37. The van der Waals surface area contributed by atoms with Crippen LogP contribution in [0, 0.1) is 0 Å². The molecule has 2 aliphatic rings. The molecule has 0 bridgehead atoms. The maximum Gasteiger partial charge on any atom is 0.315 e. The summed E-state index contributed by atoms with van der Waals surface area (Å²) in [7, 11) is 0. The smallest absolute Gasteiger partial charge is 0.315 e. The first-order valence-corrected chi connectivity index (χ1v) is 9.28. The second-order valence-corrected chi connectivity index (χ2v) is 6.59. The number of aromatic nitrogens is 1. The van der Waals surface area contributed by atoms with Crippen LogP contribution in [-0.4, -0.2) is 43.9 Å². The van der Waals surface area contributed by atoms with Crippen molar-refractivity contribution in [3.63, 3.8) is 0 Å². The number of carbonyl (C=O) groups excluding carboxylic acids is 1. The lowest BCUT2D eigenvalue weighted by molar-refractivity contribution is 0.122. The molecule has 0 saturated carbocycles. The molecule has 2 heterocycles. The normalized spacial score (nSPS) is 17.8. The number of rotatable bonds is 6. The summed E-state index contributed by atoms with van der Waals surface area (Å²) >= 11 is 0. The Bertz CT molecular complexity index is 597. The van der Waals surface area contributed by atoms with Gasteiger partial charge in [-0.25, -0.2) is 9.78 Å². The number of allylic oxidation sites excluding steroid dienone is 1. The van der Waals surface area contributed by atoms with Crippen molar-refractivity contribution < 1.29 is 9.53 Å². The first-order chi connectivity index (χ1) is 12.3. The molecule has 3 rings (SSSR count). The summed E-state index contributed by atoms with van der Waals surface area (Å²) in [5, 5.41) is 5.87. The van der Waals surface area contributed by atoms with E-state index >= 15 is 0 Å². The van der Waals surface area contributed by atoms with Crippen molar-refractivity contribution in [3.8, 4) is 0 Å². The molecule has 1 saturated heterocycles. The number of ether oxygens (including phenoxy) is 1. The van der Waals surface area contributed by atoms with Crippen molar-refractivity contribution in [2.24, 2.45) is 0 Å². The molecule has 1 aliphatic heterocycles. The summed E-state index contributed by atoms with van der Waals surface area (Å²) in [6.07, 6.45) is 10.0. The zero-order valence-corrected chi connectivity index (χ0v) is 14.8. The monoisotopic (exact) mass is 344 g/mol. The predicted molar refractivity (Wildman–Crippen MR) is 98.7 cm³/mol. The van der Waals surface area contributed by atoms with Crippen molar-refractivity contribution >= 4 is 11.8 Å². The second kappa shape index (κ2) is 9.42. The van der Waals surface area contributed by atoms with E-state index in [-0.39, 0.29) is 6.03 Å². The van der Waals surface area contributed by atoms with Gasteiger partial charge < -0.3 is 20.3 Å². The van der Waals surface area contributed by atoms with Crippen LogP contribution in [-0.2, 0) is 11.3 Å². The second-order valence-electron chi connectivity index (χ2n) is 6.59. The Hall–Kier alpha value is -2.08. The fraction of sp³-hybridized carbons (Fsp3) is 0.579. The summed E-state index contributed by atoms with van der Waals surface area (Å²) in [5.41, 5.74) is 2.54. The van der Waals surface area contributed by atoms with Crippen LogP contribution in [0.4, 0.5) is 10.6 Å². The first kappa shape index (κ1) is 17.7. The highest BCUT2D eigenvalue weighted by molar-refractivity contribution is 5.73. The molecule has 1 fully saturated rings. The summed E-state index contributed by atoms with van der Waals surface area (Å²) in [6, 6.07) is 3.87. The number of morpholine rings is 1. The lowest BCUT2D eigenvalue weighted by Gasteiger charge is -2.28. The van der Waals surface area contributed by atoms with E-state index in [0.29, 0.717) is 13.1 Å². The molecule has 25 heavy (non-hydrogen) atoms. The van der Waals surface area contributed by atoms with Crippen LogP contribution in [0.2, 0.25) is 0 Å². The molecule has 0 spiro atoms. The number of carbonyl (C=O) groups is 1. The quantitative estimate of drug-likeness (QED) is 0.779. The van der Waals surface area contributed by atoms with Crippen molar-refractivity contribution in [3.05, 3.63) is 35.5 Å². The number of anilines is 1. The van der Waals surface area contributed by atoms with E-state index in [1.165, 1.54) is 31.3 Å². The molecule has 6 nitrogen and oxygen atoms in total. The van der Waals surface area contributed by atoms with E-state index in [2.05, 4.69) is 26.6 Å². The molecule has 0 radical (unpaired) electrons. The predicted octanol–water partition coefficient (Wildman–Crippen LogP) is 2.61. The number of urea groups is 1. The third-order valence-electron chi connectivity index (χ3n) is 4.71. The van der Waals surface area contributed by atoms with Gasteiger partial charge in [-0.2, -0.15) is 0 Å². The average Bonchev–Trinajstić information content (AvgIpc) is 2.68.